The maximum Gasteiger partial charge on any atom is 0 e. The molecule has 2 aliphatic heterocycles. The van der Waals surface area contributed by atoms with Gasteiger partial charge in [0.1, 0.15) is 0 Å². The van der Waals surface area contributed by atoms with Crippen molar-refractivity contribution in [2.45, 2.75) is 90.9 Å². The zero-order valence-electron chi connectivity index (χ0n) is 20.6. The van der Waals surface area contributed by atoms with Gasteiger partial charge in [-0.2, -0.15) is 12.1 Å². The van der Waals surface area contributed by atoms with Gasteiger partial charge in [-0.3, -0.25) is 0 Å². The van der Waals surface area contributed by atoms with Crippen LogP contribution < -0.4 is 10.6 Å². The van der Waals surface area contributed by atoms with Crippen LogP contribution in [0.1, 0.15) is 68.2 Å². The van der Waals surface area contributed by atoms with Crippen LogP contribution in [0, 0.1) is 47.9 Å². The molecule has 0 spiro atoms. The molecular weight excluding hydrogens is 454 g/mol. The third kappa shape index (κ3) is 6.15. The third-order valence-electron chi connectivity index (χ3n) is 7.10. The summed E-state index contributed by atoms with van der Waals surface area (Å²) < 4.78 is 0. The molecule has 0 nitrogen and oxygen atoms in total. The van der Waals surface area contributed by atoms with Gasteiger partial charge in [-0.1, -0.05) is 55.4 Å². The van der Waals surface area contributed by atoms with Gasteiger partial charge < -0.3 is 37.5 Å². The van der Waals surface area contributed by atoms with Crippen LogP contribution >= 0.6 is 15.8 Å². The first-order valence-corrected chi connectivity index (χ1v) is 14.9. The van der Waals surface area contributed by atoms with Crippen LogP contribution in [0.3, 0.4) is 0 Å². The molecular formula is C28H40FeP2-6. The van der Waals surface area contributed by atoms with Crippen molar-refractivity contribution >= 4 is 26.5 Å². The Morgan fingerprint density at radius 2 is 1.00 bits per heavy atom. The summed E-state index contributed by atoms with van der Waals surface area (Å²) in [5.74, 6) is 3.31. The number of hydrogen-bond acceptors (Lipinski definition) is 0. The fourth-order valence-corrected chi connectivity index (χ4v) is 12.0. The van der Waals surface area contributed by atoms with E-state index in [4.69, 9.17) is 0 Å². The van der Waals surface area contributed by atoms with Crippen molar-refractivity contribution in [2.24, 2.45) is 23.7 Å². The van der Waals surface area contributed by atoms with E-state index in [1.54, 1.807) is 5.30 Å². The monoisotopic (exact) mass is 494 g/mol. The average Bonchev–Trinajstić information content (AvgIpc) is 3.26. The molecule has 0 amide bonds. The Hall–Kier alpha value is 0.0795. The summed E-state index contributed by atoms with van der Waals surface area (Å²) in [6, 6.07) is 21.3. The smallest absolute Gasteiger partial charge is 0 e. The summed E-state index contributed by atoms with van der Waals surface area (Å²) in [6.45, 7) is 18.9. The summed E-state index contributed by atoms with van der Waals surface area (Å²) in [4.78, 5) is 0. The van der Waals surface area contributed by atoms with E-state index >= 15 is 0 Å². The average molecular weight is 494 g/mol. The van der Waals surface area contributed by atoms with Crippen LogP contribution in [0.2, 0.25) is 0 Å². The van der Waals surface area contributed by atoms with Crippen LogP contribution in [-0.2, 0) is 17.1 Å². The fourth-order valence-electron chi connectivity index (χ4n) is 5.13. The molecule has 0 bridgehead atoms. The van der Waals surface area contributed by atoms with Gasteiger partial charge in [0.2, 0.25) is 0 Å². The van der Waals surface area contributed by atoms with Crippen molar-refractivity contribution in [3.05, 3.63) is 48.5 Å². The third-order valence-corrected chi connectivity index (χ3v) is 14.8. The van der Waals surface area contributed by atoms with E-state index in [-0.39, 0.29) is 32.9 Å². The first kappa shape index (κ1) is 27.3. The van der Waals surface area contributed by atoms with Crippen molar-refractivity contribution in [2.75, 3.05) is 0 Å². The van der Waals surface area contributed by atoms with Crippen molar-refractivity contribution in [1.82, 2.24) is 0 Å². The Morgan fingerprint density at radius 1 is 0.645 bits per heavy atom. The number of hydrogen-bond donors (Lipinski definition) is 0. The minimum Gasteiger partial charge on any atom is -0.998 e. The second-order valence-electron chi connectivity index (χ2n) is 10.5. The van der Waals surface area contributed by atoms with E-state index in [2.05, 4.69) is 104 Å². The summed E-state index contributed by atoms with van der Waals surface area (Å²) >= 11 is 0. The minimum atomic E-state index is -0.0352. The van der Waals surface area contributed by atoms with E-state index in [1.807, 2.05) is 0 Å². The van der Waals surface area contributed by atoms with Crippen molar-refractivity contribution in [3.63, 3.8) is 0 Å². The molecule has 0 saturated carbocycles. The van der Waals surface area contributed by atoms with Gasteiger partial charge >= 0.3 is 0 Å². The van der Waals surface area contributed by atoms with Gasteiger partial charge in [0.15, 0.2) is 0 Å². The molecule has 2 aromatic rings. The molecule has 31 heavy (non-hydrogen) atoms. The largest absolute Gasteiger partial charge is 0.998 e. The Bertz CT molecular complexity index is 637. The molecule has 0 radical (unpaired) electrons. The van der Waals surface area contributed by atoms with Crippen LogP contribution in [0.15, 0.2) is 24.3 Å². The summed E-state index contributed by atoms with van der Waals surface area (Å²) in [5.41, 5.74) is 3.72. The minimum absolute atomic E-state index is 0. The van der Waals surface area contributed by atoms with Gasteiger partial charge in [0, 0.05) is 17.1 Å². The maximum atomic E-state index is 3.20. The molecule has 4 atom stereocenters. The van der Waals surface area contributed by atoms with Crippen molar-refractivity contribution in [1.29, 1.82) is 0 Å². The molecule has 0 N–H and O–H groups in total. The predicted molar refractivity (Wildman–Crippen MR) is 136 cm³/mol. The first-order valence-electron chi connectivity index (χ1n) is 11.9. The predicted octanol–water partition coefficient (Wildman–Crippen LogP) is 7.13. The van der Waals surface area contributed by atoms with Crippen molar-refractivity contribution < 1.29 is 17.1 Å². The maximum absolute atomic E-state index is 3.20. The molecule has 4 rings (SSSR count). The van der Waals surface area contributed by atoms with Gasteiger partial charge in [-0.15, -0.1) is 13.2 Å². The zero-order valence-corrected chi connectivity index (χ0v) is 23.5. The second-order valence-corrected chi connectivity index (χ2v) is 15.8. The molecule has 2 aliphatic rings. The molecule has 0 unspecified atom stereocenters. The van der Waals surface area contributed by atoms with E-state index in [9.17, 15) is 0 Å². The molecule has 3 heteroatoms. The molecule has 0 aromatic heterocycles. The topological polar surface area (TPSA) is 0 Å². The zero-order chi connectivity index (χ0) is 22.0. The fraction of sp³-hybridized carbons (Fsp3) is 0.643. The van der Waals surface area contributed by atoms with Gasteiger partial charge in [0.05, 0.1) is 0 Å². The van der Waals surface area contributed by atoms with Crippen LogP contribution in [0.4, 0.5) is 0 Å². The Kier molecular flexibility index (Phi) is 10.6. The first-order chi connectivity index (χ1) is 14.2. The molecule has 2 heterocycles. The van der Waals surface area contributed by atoms with Gasteiger partial charge in [-0.25, -0.2) is 12.1 Å². The Labute approximate surface area is 206 Å². The summed E-state index contributed by atoms with van der Waals surface area (Å²) in [5, 5.41) is 2.93. The molecule has 176 valence electrons. The van der Waals surface area contributed by atoms with E-state index < -0.39 is 0 Å². The summed E-state index contributed by atoms with van der Waals surface area (Å²) in [7, 11) is 0.103. The number of rotatable bonds is 6. The van der Waals surface area contributed by atoms with E-state index in [0.717, 1.165) is 46.3 Å². The molecule has 2 fully saturated rings. The SMILES string of the molecule is CC(C)[C@@H]1C[C@@H](C(C)C)P1[c-]1[c-][c-][c-][c-]1.CC(C)[C@@H]1C[C@@H](C(C)C)P1[c-]1cccc1.[Fe]. The molecule has 2 saturated heterocycles. The normalized spacial score (nSPS) is 26.5. The quantitative estimate of drug-likeness (QED) is 0.228. The second kappa shape index (κ2) is 12.0. The Balaban J connectivity index is 0.000000213. The molecule has 2 aromatic carbocycles. The molecule has 0 aliphatic carbocycles. The van der Waals surface area contributed by atoms with Crippen molar-refractivity contribution in [3.8, 4) is 0 Å². The van der Waals surface area contributed by atoms with Gasteiger partial charge in [0.25, 0.3) is 0 Å². The van der Waals surface area contributed by atoms with E-state index in [1.165, 1.54) is 18.1 Å². The summed E-state index contributed by atoms with van der Waals surface area (Å²) in [6.07, 6.45) is 2.86. The van der Waals surface area contributed by atoms with Crippen LogP contribution in [-0.4, -0.2) is 22.6 Å². The standard InChI is InChI=1S/C14H22P.C14H18P.Fe/c2*1-10(2)13-9-14(11(3)4)15(13)12-7-5-6-8-12;/h5-8,10-11,13-14H,9H2,1-4H3;10-11,13-14H,9H2,1-4H3;/q-1;-5;/t2*13-,14-;/m00./s1. The Morgan fingerprint density at radius 3 is 1.35 bits per heavy atom. The van der Waals surface area contributed by atoms with Crippen LogP contribution in [0.5, 0.6) is 0 Å². The van der Waals surface area contributed by atoms with Crippen LogP contribution in [0.25, 0.3) is 0 Å². The van der Waals surface area contributed by atoms with E-state index in [0.29, 0.717) is 0 Å². The van der Waals surface area contributed by atoms with Gasteiger partial charge in [-0.05, 0) is 59.1 Å².